The van der Waals surface area contributed by atoms with Crippen molar-refractivity contribution in [3.05, 3.63) is 46.7 Å². The summed E-state index contributed by atoms with van der Waals surface area (Å²) in [4.78, 5) is 13.3. The summed E-state index contributed by atoms with van der Waals surface area (Å²) in [7, 11) is 3.76. The van der Waals surface area contributed by atoms with E-state index in [2.05, 4.69) is 54.9 Å². The van der Waals surface area contributed by atoms with E-state index in [1.807, 2.05) is 12.1 Å². The molecule has 1 aromatic heterocycles. The lowest BCUT2D eigenvalue weighted by molar-refractivity contribution is 0.325. The van der Waals surface area contributed by atoms with Crippen LogP contribution in [0.3, 0.4) is 0 Å². The van der Waals surface area contributed by atoms with Gasteiger partial charge in [-0.3, -0.25) is 4.90 Å². The van der Waals surface area contributed by atoms with Crippen molar-refractivity contribution in [3.63, 3.8) is 0 Å². The summed E-state index contributed by atoms with van der Waals surface area (Å²) < 4.78 is 6.29. The van der Waals surface area contributed by atoms with Gasteiger partial charge in [0, 0.05) is 45.1 Å². The van der Waals surface area contributed by atoms with Crippen LogP contribution in [0.1, 0.15) is 12.0 Å². The SMILES string of the molecule is COc1ccc(CN2CCC(N(C)c3ncccn3)C2)cc1Br. The highest BCUT2D eigenvalue weighted by atomic mass is 79.9. The summed E-state index contributed by atoms with van der Waals surface area (Å²) >= 11 is 3.55. The van der Waals surface area contributed by atoms with Crippen LogP contribution in [0.2, 0.25) is 0 Å². The largest absolute Gasteiger partial charge is 0.496 e. The molecule has 1 unspecified atom stereocenters. The lowest BCUT2D eigenvalue weighted by Crippen LogP contribution is -2.35. The van der Waals surface area contributed by atoms with E-state index in [1.165, 1.54) is 5.56 Å². The van der Waals surface area contributed by atoms with Crippen molar-refractivity contribution in [1.29, 1.82) is 0 Å². The molecule has 2 aromatic rings. The summed E-state index contributed by atoms with van der Waals surface area (Å²) in [5, 5.41) is 0. The Morgan fingerprint density at radius 1 is 1.35 bits per heavy atom. The lowest BCUT2D eigenvalue weighted by atomic mass is 10.2. The van der Waals surface area contributed by atoms with E-state index in [-0.39, 0.29) is 0 Å². The summed E-state index contributed by atoms with van der Waals surface area (Å²) in [5.74, 6) is 1.67. The summed E-state index contributed by atoms with van der Waals surface area (Å²) in [6, 6.07) is 8.58. The fourth-order valence-corrected chi connectivity index (χ4v) is 3.56. The molecule has 122 valence electrons. The monoisotopic (exact) mass is 376 g/mol. The van der Waals surface area contributed by atoms with Crippen LogP contribution >= 0.6 is 15.9 Å². The van der Waals surface area contributed by atoms with Gasteiger partial charge in [0.15, 0.2) is 0 Å². The van der Waals surface area contributed by atoms with Gasteiger partial charge in [-0.2, -0.15) is 0 Å². The fourth-order valence-electron chi connectivity index (χ4n) is 2.98. The number of ether oxygens (including phenoxy) is 1. The topological polar surface area (TPSA) is 41.5 Å². The van der Waals surface area contributed by atoms with Crippen molar-refractivity contribution in [3.8, 4) is 5.75 Å². The molecule has 0 aliphatic carbocycles. The van der Waals surface area contributed by atoms with Gasteiger partial charge in [0.25, 0.3) is 0 Å². The molecule has 2 heterocycles. The number of anilines is 1. The molecule has 0 saturated carbocycles. The first-order chi connectivity index (χ1) is 11.2. The van der Waals surface area contributed by atoms with Crippen molar-refractivity contribution in [2.75, 3.05) is 32.1 Å². The lowest BCUT2D eigenvalue weighted by Gasteiger charge is -2.24. The van der Waals surface area contributed by atoms with E-state index >= 15 is 0 Å². The van der Waals surface area contributed by atoms with E-state index in [0.29, 0.717) is 6.04 Å². The summed E-state index contributed by atoms with van der Waals surface area (Å²) in [5.41, 5.74) is 1.29. The van der Waals surface area contributed by atoms with Gasteiger partial charge >= 0.3 is 0 Å². The van der Waals surface area contributed by atoms with Gasteiger partial charge in [-0.15, -0.1) is 0 Å². The Hall–Kier alpha value is -1.66. The molecule has 0 amide bonds. The second-order valence-corrected chi connectivity index (χ2v) is 6.66. The Morgan fingerprint density at radius 3 is 2.83 bits per heavy atom. The van der Waals surface area contributed by atoms with Crippen molar-refractivity contribution in [2.24, 2.45) is 0 Å². The molecule has 23 heavy (non-hydrogen) atoms. The second kappa shape index (κ2) is 7.27. The third-order valence-corrected chi connectivity index (χ3v) is 4.90. The maximum atomic E-state index is 5.29. The Labute approximate surface area is 145 Å². The maximum Gasteiger partial charge on any atom is 0.225 e. The molecule has 1 saturated heterocycles. The number of likely N-dealkylation sites (tertiary alicyclic amines) is 1. The number of benzene rings is 1. The minimum Gasteiger partial charge on any atom is -0.496 e. The fraction of sp³-hybridized carbons (Fsp3) is 0.412. The number of hydrogen-bond acceptors (Lipinski definition) is 5. The summed E-state index contributed by atoms with van der Waals surface area (Å²) in [6.07, 6.45) is 4.72. The van der Waals surface area contributed by atoms with Gasteiger partial charge in [-0.1, -0.05) is 6.07 Å². The van der Waals surface area contributed by atoms with Crippen molar-refractivity contribution < 1.29 is 4.74 Å². The molecule has 0 spiro atoms. The van der Waals surface area contributed by atoms with E-state index in [9.17, 15) is 0 Å². The van der Waals surface area contributed by atoms with Gasteiger partial charge < -0.3 is 9.64 Å². The number of methoxy groups -OCH3 is 1. The Morgan fingerprint density at radius 2 is 2.13 bits per heavy atom. The zero-order chi connectivity index (χ0) is 16.2. The van der Waals surface area contributed by atoms with E-state index < -0.39 is 0 Å². The molecule has 1 aliphatic rings. The zero-order valence-corrected chi connectivity index (χ0v) is 15.0. The molecule has 5 nitrogen and oxygen atoms in total. The summed E-state index contributed by atoms with van der Waals surface area (Å²) in [6.45, 7) is 3.06. The molecular formula is C17H21BrN4O. The highest BCUT2D eigenvalue weighted by Gasteiger charge is 2.27. The standard InChI is InChI=1S/C17H21BrN4O/c1-21(17-19-7-3-8-20-17)14-6-9-22(12-14)11-13-4-5-16(23-2)15(18)10-13/h3-5,7-8,10,14H,6,9,11-12H2,1-2H3. The normalized spacial score (nSPS) is 18.1. The molecule has 0 bridgehead atoms. The number of hydrogen-bond donors (Lipinski definition) is 0. The van der Waals surface area contributed by atoms with Gasteiger partial charge in [0.05, 0.1) is 11.6 Å². The van der Waals surface area contributed by atoms with E-state index in [1.54, 1.807) is 19.5 Å². The van der Waals surface area contributed by atoms with Crippen molar-refractivity contribution in [2.45, 2.75) is 19.0 Å². The Bertz CT molecular complexity index is 652. The molecule has 1 atom stereocenters. The maximum absolute atomic E-state index is 5.29. The third-order valence-electron chi connectivity index (χ3n) is 4.29. The second-order valence-electron chi connectivity index (χ2n) is 5.81. The molecular weight excluding hydrogens is 356 g/mol. The minimum atomic E-state index is 0.457. The molecule has 0 radical (unpaired) electrons. The molecule has 1 aliphatic heterocycles. The van der Waals surface area contributed by atoms with Gasteiger partial charge in [0.2, 0.25) is 5.95 Å². The predicted molar refractivity (Wildman–Crippen MR) is 94.8 cm³/mol. The average Bonchev–Trinajstić information content (AvgIpc) is 3.03. The number of halogens is 1. The van der Waals surface area contributed by atoms with Crippen LogP contribution in [0, 0.1) is 0 Å². The highest BCUT2D eigenvalue weighted by Crippen LogP contribution is 2.27. The van der Waals surface area contributed by atoms with Crippen LogP contribution in [0.4, 0.5) is 5.95 Å². The van der Waals surface area contributed by atoms with Crippen LogP contribution in [0.25, 0.3) is 0 Å². The van der Waals surface area contributed by atoms with Crippen LogP contribution in [-0.4, -0.2) is 48.2 Å². The first-order valence-corrected chi connectivity index (χ1v) is 8.51. The van der Waals surface area contributed by atoms with Crippen LogP contribution in [0.5, 0.6) is 5.75 Å². The zero-order valence-electron chi connectivity index (χ0n) is 13.4. The van der Waals surface area contributed by atoms with Crippen LogP contribution in [0.15, 0.2) is 41.1 Å². The highest BCUT2D eigenvalue weighted by molar-refractivity contribution is 9.10. The number of likely N-dealkylation sites (N-methyl/N-ethyl adjacent to an activating group) is 1. The first-order valence-electron chi connectivity index (χ1n) is 7.72. The Kier molecular flexibility index (Phi) is 5.13. The quantitative estimate of drug-likeness (QED) is 0.802. The molecule has 0 N–H and O–H groups in total. The Balaban J connectivity index is 1.61. The van der Waals surface area contributed by atoms with Gasteiger partial charge in [-0.05, 0) is 46.1 Å². The number of aromatic nitrogens is 2. The number of rotatable bonds is 5. The number of nitrogens with zero attached hydrogens (tertiary/aromatic N) is 4. The van der Waals surface area contributed by atoms with Gasteiger partial charge in [0.1, 0.15) is 5.75 Å². The molecule has 1 fully saturated rings. The minimum absolute atomic E-state index is 0.457. The van der Waals surface area contributed by atoms with Crippen LogP contribution < -0.4 is 9.64 Å². The van der Waals surface area contributed by atoms with E-state index in [4.69, 9.17) is 4.74 Å². The van der Waals surface area contributed by atoms with Crippen LogP contribution in [-0.2, 0) is 6.54 Å². The third kappa shape index (κ3) is 3.82. The first kappa shape index (κ1) is 16.2. The van der Waals surface area contributed by atoms with Gasteiger partial charge in [-0.25, -0.2) is 9.97 Å². The average molecular weight is 377 g/mol. The molecule has 3 rings (SSSR count). The van der Waals surface area contributed by atoms with Crippen molar-refractivity contribution >= 4 is 21.9 Å². The molecule has 1 aromatic carbocycles. The van der Waals surface area contributed by atoms with E-state index in [0.717, 1.165) is 42.2 Å². The predicted octanol–water partition coefficient (Wildman–Crippen LogP) is 2.96. The molecule has 6 heteroatoms. The smallest absolute Gasteiger partial charge is 0.225 e. The van der Waals surface area contributed by atoms with Crippen molar-refractivity contribution in [1.82, 2.24) is 14.9 Å².